The third kappa shape index (κ3) is 1.29. The van der Waals surface area contributed by atoms with Gasteiger partial charge in [0, 0.05) is 13.2 Å². The van der Waals surface area contributed by atoms with Crippen LogP contribution in [0.15, 0.2) is 6.20 Å². The van der Waals surface area contributed by atoms with E-state index in [1.165, 1.54) is 0 Å². The Labute approximate surface area is 67.4 Å². The van der Waals surface area contributed by atoms with Gasteiger partial charge in [0.05, 0.1) is 5.69 Å². The first-order valence-electron chi connectivity index (χ1n) is 3.56. The maximum Gasteiger partial charge on any atom is 0.149 e. The van der Waals surface area contributed by atoms with Crippen LogP contribution in [-0.4, -0.2) is 19.9 Å². The summed E-state index contributed by atoms with van der Waals surface area (Å²) in [5, 5.41) is 2.93. The Morgan fingerprint density at radius 1 is 1.64 bits per heavy atom. The topological polar surface area (TPSA) is 50.9 Å². The number of aromatic nitrogens is 1. The van der Waals surface area contributed by atoms with Gasteiger partial charge in [0.2, 0.25) is 0 Å². The highest BCUT2D eigenvalue weighted by molar-refractivity contribution is 6.33. The number of nitrogens with zero attached hydrogens (tertiary/aromatic N) is 1. The lowest BCUT2D eigenvalue weighted by Gasteiger charge is -2.08. The predicted molar refractivity (Wildman–Crippen MR) is 51.1 cm³/mol. The van der Waals surface area contributed by atoms with E-state index in [9.17, 15) is 0 Å². The Morgan fingerprint density at radius 2 is 2.27 bits per heavy atom. The summed E-state index contributed by atoms with van der Waals surface area (Å²) in [5.74, 6) is 0.758. The standard InChI is InChI=1S/C7H12BN3/c1-4-5(8)3-11-7(10-2)6(4)9/h3H,8-9H2,1-2H3,(H,10,11). The van der Waals surface area contributed by atoms with Crippen LogP contribution >= 0.6 is 0 Å². The molecule has 1 heterocycles. The first-order chi connectivity index (χ1) is 5.16. The van der Waals surface area contributed by atoms with Crippen molar-refractivity contribution in [3.8, 4) is 0 Å². The Balaban J connectivity index is 3.25. The minimum atomic E-state index is 0.743. The number of anilines is 2. The zero-order valence-corrected chi connectivity index (χ0v) is 7.10. The summed E-state index contributed by atoms with van der Waals surface area (Å²) >= 11 is 0. The summed E-state index contributed by atoms with van der Waals surface area (Å²) in [7, 11) is 3.81. The summed E-state index contributed by atoms with van der Waals surface area (Å²) in [6, 6.07) is 0. The SMILES string of the molecule is Bc1cnc(NC)c(N)c1C. The molecule has 0 unspecified atom stereocenters. The number of hydrogen-bond acceptors (Lipinski definition) is 3. The summed E-state index contributed by atoms with van der Waals surface area (Å²) < 4.78 is 0. The summed E-state index contributed by atoms with van der Waals surface area (Å²) in [6.45, 7) is 1.99. The lowest BCUT2D eigenvalue weighted by Crippen LogP contribution is -2.13. The number of nitrogen functional groups attached to an aromatic ring is 1. The number of nitrogens with one attached hydrogen (secondary N) is 1. The van der Waals surface area contributed by atoms with E-state index in [1.54, 1.807) is 0 Å². The van der Waals surface area contributed by atoms with E-state index < -0.39 is 0 Å². The van der Waals surface area contributed by atoms with Crippen molar-refractivity contribution in [1.82, 2.24) is 4.98 Å². The molecule has 0 amide bonds. The molecule has 0 atom stereocenters. The molecule has 4 heteroatoms. The molecule has 0 spiro atoms. The molecule has 1 rings (SSSR count). The fraction of sp³-hybridized carbons (Fsp3) is 0.286. The molecule has 0 aliphatic carbocycles. The molecule has 1 aromatic rings. The van der Waals surface area contributed by atoms with Crippen LogP contribution in [0.5, 0.6) is 0 Å². The fourth-order valence-corrected chi connectivity index (χ4v) is 0.917. The van der Waals surface area contributed by atoms with Crippen LogP contribution in [-0.2, 0) is 0 Å². The Bertz CT molecular complexity index is 273. The molecular weight excluding hydrogens is 137 g/mol. The molecule has 0 saturated heterocycles. The van der Waals surface area contributed by atoms with Crippen LogP contribution in [0.3, 0.4) is 0 Å². The molecule has 0 fully saturated rings. The molecule has 1 aromatic heterocycles. The second kappa shape index (κ2) is 2.82. The average Bonchev–Trinajstić information content (AvgIpc) is 2.01. The molecule has 3 nitrogen and oxygen atoms in total. The van der Waals surface area contributed by atoms with Gasteiger partial charge >= 0.3 is 0 Å². The number of hydrogen-bond donors (Lipinski definition) is 2. The maximum absolute atomic E-state index is 5.77. The molecule has 0 aromatic carbocycles. The summed E-state index contributed by atoms with van der Waals surface area (Å²) in [4.78, 5) is 4.12. The van der Waals surface area contributed by atoms with Gasteiger partial charge in [-0.25, -0.2) is 4.98 Å². The molecule has 0 aliphatic rings. The van der Waals surface area contributed by atoms with Crippen molar-refractivity contribution < 1.29 is 0 Å². The van der Waals surface area contributed by atoms with E-state index in [1.807, 2.05) is 28.0 Å². The highest BCUT2D eigenvalue weighted by Crippen LogP contribution is 2.15. The van der Waals surface area contributed by atoms with Crippen molar-refractivity contribution in [1.29, 1.82) is 0 Å². The lowest BCUT2D eigenvalue weighted by molar-refractivity contribution is 1.28. The molecule has 0 radical (unpaired) electrons. The van der Waals surface area contributed by atoms with E-state index in [0.29, 0.717) is 0 Å². The zero-order chi connectivity index (χ0) is 8.43. The smallest absolute Gasteiger partial charge is 0.149 e. The van der Waals surface area contributed by atoms with Gasteiger partial charge < -0.3 is 11.1 Å². The molecule has 3 N–H and O–H groups in total. The fourth-order valence-electron chi connectivity index (χ4n) is 0.917. The highest BCUT2D eigenvalue weighted by Gasteiger charge is 2.02. The largest absolute Gasteiger partial charge is 0.396 e. The Morgan fingerprint density at radius 3 is 2.82 bits per heavy atom. The third-order valence-corrected chi connectivity index (χ3v) is 1.87. The third-order valence-electron chi connectivity index (χ3n) is 1.87. The first-order valence-corrected chi connectivity index (χ1v) is 3.56. The van der Waals surface area contributed by atoms with E-state index in [0.717, 1.165) is 22.5 Å². The first kappa shape index (κ1) is 7.92. The van der Waals surface area contributed by atoms with Gasteiger partial charge in [0.15, 0.2) is 0 Å². The second-order valence-electron chi connectivity index (χ2n) is 2.58. The van der Waals surface area contributed by atoms with Gasteiger partial charge in [-0.15, -0.1) is 0 Å². The van der Waals surface area contributed by atoms with E-state index in [2.05, 4.69) is 10.3 Å². The number of pyridine rings is 1. The van der Waals surface area contributed by atoms with Crippen molar-refractivity contribution in [2.75, 3.05) is 18.1 Å². The minimum absolute atomic E-state index is 0.743. The lowest BCUT2D eigenvalue weighted by atomic mass is 9.92. The molecular formula is C7H12BN3. The van der Waals surface area contributed by atoms with Crippen molar-refractivity contribution in [2.45, 2.75) is 6.92 Å². The molecule has 0 saturated carbocycles. The van der Waals surface area contributed by atoms with Gasteiger partial charge in [0.1, 0.15) is 13.7 Å². The monoisotopic (exact) mass is 149 g/mol. The molecule has 58 valence electrons. The van der Waals surface area contributed by atoms with Crippen LogP contribution in [0.4, 0.5) is 11.5 Å². The number of nitrogens with two attached hydrogens (primary N) is 1. The average molecular weight is 149 g/mol. The van der Waals surface area contributed by atoms with Gasteiger partial charge in [0.25, 0.3) is 0 Å². The van der Waals surface area contributed by atoms with Gasteiger partial charge in [-0.1, -0.05) is 5.46 Å². The van der Waals surface area contributed by atoms with Crippen molar-refractivity contribution in [2.24, 2.45) is 0 Å². The zero-order valence-electron chi connectivity index (χ0n) is 7.10. The minimum Gasteiger partial charge on any atom is -0.396 e. The van der Waals surface area contributed by atoms with Gasteiger partial charge in [-0.2, -0.15) is 0 Å². The van der Waals surface area contributed by atoms with E-state index in [-0.39, 0.29) is 0 Å². The van der Waals surface area contributed by atoms with Crippen LogP contribution in [0, 0.1) is 6.92 Å². The van der Waals surface area contributed by atoms with Gasteiger partial charge in [-0.05, 0) is 12.5 Å². The molecule has 11 heavy (non-hydrogen) atoms. The maximum atomic E-state index is 5.77. The van der Waals surface area contributed by atoms with Crippen molar-refractivity contribution in [3.05, 3.63) is 11.8 Å². The summed E-state index contributed by atoms with van der Waals surface area (Å²) in [6.07, 6.45) is 1.82. The summed E-state index contributed by atoms with van der Waals surface area (Å²) in [5.41, 5.74) is 8.74. The predicted octanol–water partition coefficient (Wildman–Crippen LogP) is -0.728. The second-order valence-corrected chi connectivity index (χ2v) is 2.58. The molecule has 0 bridgehead atoms. The van der Waals surface area contributed by atoms with Crippen LogP contribution < -0.4 is 16.5 Å². The quantitative estimate of drug-likeness (QED) is 0.517. The van der Waals surface area contributed by atoms with E-state index >= 15 is 0 Å². The number of rotatable bonds is 1. The van der Waals surface area contributed by atoms with Crippen molar-refractivity contribution in [3.63, 3.8) is 0 Å². The Hall–Kier alpha value is -1.19. The highest BCUT2D eigenvalue weighted by atomic mass is 15.0. The Kier molecular flexibility index (Phi) is 2.03. The van der Waals surface area contributed by atoms with Crippen LogP contribution in [0.2, 0.25) is 0 Å². The van der Waals surface area contributed by atoms with Crippen LogP contribution in [0.25, 0.3) is 0 Å². The van der Waals surface area contributed by atoms with Crippen molar-refractivity contribution >= 4 is 24.8 Å². The van der Waals surface area contributed by atoms with Gasteiger partial charge in [-0.3, -0.25) is 0 Å². The van der Waals surface area contributed by atoms with E-state index in [4.69, 9.17) is 5.73 Å². The normalized spacial score (nSPS) is 9.64. The van der Waals surface area contributed by atoms with Crippen LogP contribution in [0.1, 0.15) is 5.56 Å². The molecule has 0 aliphatic heterocycles.